The summed E-state index contributed by atoms with van der Waals surface area (Å²) in [7, 11) is 0. The van der Waals surface area contributed by atoms with Crippen LogP contribution in [0.2, 0.25) is 0 Å². The van der Waals surface area contributed by atoms with Crippen molar-refractivity contribution in [1.29, 1.82) is 0 Å². The van der Waals surface area contributed by atoms with Crippen LogP contribution in [0, 0.1) is 5.92 Å². The summed E-state index contributed by atoms with van der Waals surface area (Å²) < 4.78 is 0. The van der Waals surface area contributed by atoms with Crippen LogP contribution in [0.1, 0.15) is 38.2 Å². The lowest BCUT2D eigenvalue weighted by Crippen LogP contribution is -2.40. The number of rotatable bonds is 7. The van der Waals surface area contributed by atoms with Crippen molar-refractivity contribution >= 4 is 18.5 Å². The maximum Gasteiger partial charge on any atom is 0.233 e. The molecule has 2 nitrogen and oxygen atoms in total. The Bertz CT molecular complexity index is 402. The normalized spacial score (nSPS) is 17.8. The third kappa shape index (κ3) is 4.90. The highest BCUT2D eigenvalue weighted by Gasteiger charge is 2.26. The van der Waals surface area contributed by atoms with Crippen molar-refractivity contribution < 1.29 is 4.79 Å². The largest absolute Gasteiger partial charge is 0.352 e. The van der Waals surface area contributed by atoms with Gasteiger partial charge in [-0.05, 0) is 30.7 Å². The van der Waals surface area contributed by atoms with Gasteiger partial charge in [0.1, 0.15) is 0 Å². The molecule has 1 saturated carbocycles. The minimum absolute atomic E-state index is 0.0692. The van der Waals surface area contributed by atoms with Gasteiger partial charge >= 0.3 is 0 Å². The molecule has 1 amide bonds. The summed E-state index contributed by atoms with van der Waals surface area (Å²) in [5.74, 6) is 0.914. The Morgan fingerprint density at radius 1 is 1.37 bits per heavy atom. The van der Waals surface area contributed by atoms with Gasteiger partial charge in [0.15, 0.2) is 0 Å². The summed E-state index contributed by atoms with van der Waals surface area (Å²) in [5.41, 5.74) is 1.16. The Morgan fingerprint density at radius 3 is 2.63 bits per heavy atom. The van der Waals surface area contributed by atoms with Crippen molar-refractivity contribution in [2.24, 2.45) is 5.92 Å². The second kappa shape index (κ2) is 6.99. The standard InChI is InChI=1S/C16H23NOS/c1-2-14(10-13-8-9-13)17-16(18)15(19)11-12-6-4-3-5-7-12/h3-7,13-15,19H,2,8-11H2,1H3,(H,17,18). The molecule has 0 saturated heterocycles. The van der Waals surface area contributed by atoms with Gasteiger partial charge in [-0.2, -0.15) is 12.6 Å². The molecule has 1 aromatic carbocycles. The molecular weight excluding hydrogens is 254 g/mol. The van der Waals surface area contributed by atoms with Crippen molar-refractivity contribution in [3.63, 3.8) is 0 Å². The molecule has 1 fully saturated rings. The van der Waals surface area contributed by atoms with E-state index in [9.17, 15) is 4.79 Å². The zero-order chi connectivity index (χ0) is 13.7. The molecule has 0 aromatic heterocycles. The summed E-state index contributed by atoms with van der Waals surface area (Å²) in [6, 6.07) is 10.4. The number of carbonyl (C=O) groups is 1. The number of benzene rings is 1. The third-order valence-corrected chi connectivity index (χ3v) is 4.15. The second-order valence-corrected chi connectivity index (χ2v) is 6.12. The van der Waals surface area contributed by atoms with Crippen LogP contribution in [0.15, 0.2) is 30.3 Å². The first kappa shape index (κ1) is 14.4. The van der Waals surface area contributed by atoms with Crippen LogP contribution in [-0.2, 0) is 11.2 Å². The van der Waals surface area contributed by atoms with E-state index >= 15 is 0 Å². The molecule has 0 aliphatic heterocycles. The van der Waals surface area contributed by atoms with Gasteiger partial charge in [-0.1, -0.05) is 50.1 Å². The molecule has 2 atom stereocenters. The van der Waals surface area contributed by atoms with Gasteiger partial charge in [-0.3, -0.25) is 4.79 Å². The Morgan fingerprint density at radius 2 is 2.05 bits per heavy atom. The van der Waals surface area contributed by atoms with Crippen LogP contribution in [0.25, 0.3) is 0 Å². The number of nitrogens with one attached hydrogen (secondary N) is 1. The molecule has 1 aliphatic carbocycles. The predicted molar refractivity (Wildman–Crippen MR) is 82.5 cm³/mol. The van der Waals surface area contributed by atoms with Gasteiger partial charge in [0.25, 0.3) is 0 Å². The average molecular weight is 277 g/mol. The SMILES string of the molecule is CCC(CC1CC1)NC(=O)C(S)Cc1ccccc1. The molecule has 104 valence electrons. The van der Waals surface area contributed by atoms with Gasteiger partial charge < -0.3 is 5.32 Å². The summed E-state index contributed by atoms with van der Waals surface area (Å²) in [6.45, 7) is 2.14. The number of amides is 1. The molecule has 2 unspecified atom stereocenters. The number of hydrogen-bond donors (Lipinski definition) is 2. The molecular formula is C16H23NOS. The van der Waals surface area contributed by atoms with Crippen LogP contribution in [0.4, 0.5) is 0 Å². The molecule has 0 radical (unpaired) electrons. The van der Waals surface area contributed by atoms with E-state index in [1.807, 2.05) is 30.3 Å². The first-order chi connectivity index (χ1) is 9.19. The molecule has 0 bridgehead atoms. The second-order valence-electron chi connectivity index (χ2n) is 5.50. The minimum Gasteiger partial charge on any atom is -0.352 e. The molecule has 1 aromatic rings. The van der Waals surface area contributed by atoms with E-state index in [0.717, 1.165) is 24.3 Å². The Hall–Kier alpha value is -0.960. The zero-order valence-corrected chi connectivity index (χ0v) is 12.4. The summed E-state index contributed by atoms with van der Waals surface area (Å²) in [4.78, 5) is 12.1. The summed E-state index contributed by atoms with van der Waals surface area (Å²) in [6.07, 6.45) is 5.50. The first-order valence-electron chi connectivity index (χ1n) is 7.21. The summed E-state index contributed by atoms with van der Waals surface area (Å²) >= 11 is 4.44. The van der Waals surface area contributed by atoms with Crippen molar-refractivity contribution in [1.82, 2.24) is 5.32 Å². The maximum atomic E-state index is 12.1. The van der Waals surface area contributed by atoms with E-state index in [4.69, 9.17) is 0 Å². The molecule has 1 N–H and O–H groups in total. The molecule has 0 spiro atoms. The smallest absolute Gasteiger partial charge is 0.233 e. The number of carbonyl (C=O) groups excluding carboxylic acids is 1. The lowest BCUT2D eigenvalue weighted by Gasteiger charge is -2.19. The zero-order valence-electron chi connectivity index (χ0n) is 11.5. The van der Waals surface area contributed by atoms with E-state index in [1.54, 1.807) is 0 Å². The molecule has 1 aliphatic rings. The van der Waals surface area contributed by atoms with Gasteiger partial charge in [0.05, 0.1) is 5.25 Å². The van der Waals surface area contributed by atoms with Crippen LogP contribution >= 0.6 is 12.6 Å². The van der Waals surface area contributed by atoms with Crippen molar-refractivity contribution in [3.8, 4) is 0 Å². The number of thiol groups is 1. The van der Waals surface area contributed by atoms with Crippen LogP contribution in [-0.4, -0.2) is 17.2 Å². The van der Waals surface area contributed by atoms with E-state index in [-0.39, 0.29) is 11.2 Å². The highest BCUT2D eigenvalue weighted by Crippen LogP contribution is 2.34. The summed E-state index contributed by atoms with van der Waals surface area (Å²) in [5, 5.41) is 2.89. The molecule has 3 heteroatoms. The molecule has 0 heterocycles. The maximum absolute atomic E-state index is 12.1. The lowest BCUT2D eigenvalue weighted by molar-refractivity contribution is -0.121. The lowest BCUT2D eigenvalue weighted by atomic mass is 10.1. The third-order valence-electron chi connectivity index (χ3n) is 3.73. The molecule has 19 heavy (non-hydrogen) atoms. The fourth-order valence-electron chi connectivity index (χ4n) is 2.31. The van der Waals surface area contributed by atoms with E-state index in [1.165, 1.54) is 12.8 Å². The Labute approximate surface area is 121 Å². The van der Waals surface area contributed by atoms with Crippen LogP contribution in [0.3, 0.4) is 0 Å². The predicted octanol–water partition coefficient (Wildman–Crippen LogP) is 3.22. The quantitative estimate of drug-likeness (QED) is 0.736. The highest BCUT2D eigenvalue weighted by atomic mass is 32.1. The Kier molecular flexibility index (Phi) is 5.32. The minimum atomic E-state index is -0.254. The Balaban J connectivity index is 1.80. The van der Waals surface area contributed by atoms with Crippen molar-refractivity contribution in [3.05, 3.63) is 35.9 Å². The van der Waals surface area contributed by atoms with Crippen molar-refractivity contribution in [2.75, 3.05) is 0 Å². The first-order valence-corrected chi connectivity index (χ1v) is 7.73. The average Bonchev–Trinajstić information content (AvgIpc) is 3.23. The topological polar surface area (TPSA) is 29.1 Å². The van der Waals surface area contributed by atoms with Gasteiger partial charge in [-0.25, -0.2) is 0 Å². The van der Waals surface area contributed by atoms with E-state index in [2.05, 4.69) is 24.9 Å². The van der Waals surface area contributed by atoms with Crippen LogP contribution < -0.4 is 5.32 Å². The van der Waals surface area contributed by atoms with Crippen molar-refractivity contribution in [2.45, 2.75) is 50.3 Å². The van der Waals surface area contributed by atoms with Gasteiger partial charge in [-0.15, -0.1) is 0 Å². The van der Waals surface area contributed by atoms with E-state index < -0.39 is 0 Å². The van der Waals surface area contributed by atoms with Crippen LogP contribution in [0.5, 0.6) is 0 Å². The fraction of sp³-hybridized carbons (Fsp3) is 0.562. The van der Waals surface area contributed by atoms with Gasteiger partial charge in [0, 0.05) is 6.04 Å². The highest BCUT2D eigenvalue weighted by molar-refractivity contribution is 7.81. The molecule has 2 rings (SSSR count). The fourth-order valence-corrected chi connectivity index (χ4v) is 2.60. The van der Waals surface area contributed by atoms with Gasteiger partial charge in [0.2, 0.25) is 5.91 Å². The number of hydrogen-bond acceptors (Lipinski definition) is 2. The van der Waals surface area contributed by atoms with E-state index in [0.29, 0.717) is 12.5 Å². The monoisotopic (exact) mass is 277 g/mol.